The molecule has 0 bridgehead atoms. The number of piperazine rings is 1. The molecule has 1 aromatic carbocycles. The van der Waals surface area contributed by atoms with Gasteiger partial charge < -0.3 is 14.5 Å². The number of hydrogen-bond donors (Lipinski definition) is 0. The van der Waals surface area contributed by atoms with Crippen molar-refractivity contribution in [1.82, 2.24) is 9.80 Å². The lowest BCUT2D eigenvalue weighted by molar-refractivity contribution is -0.142. The Morgan fingerprint density at radius 2 is 1.92 bits per heavy atom. The van der Waals surface area contributed by atoms with Gasteiger partial charge in [0.2, 0.25) is 0 Å². The number of carbonyl (C=O) groups is 2. The molecule has 24 heavy (non-hydrogen) atoms. The second-order valence-corrected chi connectivity index (χ2v) is 7.25. The molecule has 0 N–H and O–H groups in total. The van der Waals surface area contributed by atoms with Crippen LogP contribution in [0.15, 0.2) is 23.1 Å². The van der Waals surface area contributed by atoms with Crippen LogP contribution in [0, 0.1) is 0 Å². The van der Waals surface area contributed by atoms with E-state index in [1.807, 2.05) is 18.4 Å². The molecule has 130 valence electrons. The molecule has 0 saturated carbocycles. The van der Waals surface area contributed by atoms with E-state index in [9.17, 15) is 9.59 Å². The Morgan fingerprint density at radius 1 is 1.21 bits per heavy atom. The van der Waals surface area contributed by atoms with Crippen LogP contribution < -0.4 is 0 Å². The summed E-state index contributed by atoms with van der Waals surface area (Å²) >= 11 is 7.77. The van der Waals surface area contributed by atoms with Crippen molar-refractivity contribution in [3.8, 4) is 0 Å². The lowest BCUT2D eigenvalue weighted by Crippen LogP contribution is -2.52. The summed E-state index contributed by atoms with van der Waals surface area (Å²) in [5, 5.41) is 0.468. The predicted octanol–water partition coefficient (Wildman–Crippen LogP) is 2.53. The molecular formula is C17H21ClN2O3S. The van der Waals surface area contributed by atoms with Gasteiger partial charge in [-0.15, -0.1) is 11.8 Å². The molecule has 0 spiro atoms. The smallest absolute Gasteiger partial charge is 0.255 e. The predicted molar refractivity (Wildman–Crippen MR) is 94.7 cm³/mol. The molecule has 2 heterocycles. The van der Waals surface area contributed by atoms with Crippen LogP contribution in [0.5, 0.6) is 0 Å². The van der Waals surface area contributed by atoms with E-state index in [0.29, 0.717) is 43.4 Å². The second-order valence-electron chi connectivity index (χ2n) is 5.96. The molecule has 0 aliphatic carbocycles. The van der Waals surface area contributed by atoms with E-state index < -0.39 is 0 Å². The summed E-state index contributed by atoms with van der Waals surface area (Å²) in [5.41, 5.74) is 0.530. The molecule has 2 aliphatic rings. The van der Waals surface area contributed by atoms with Crippen LogP contribution in [0.3, 0.4) is 0 Å². The van der Waals surface area contributed by atoms with Crippen LogP contribution in [-0.4, -0.2) is 66.8 Å². The highest BCUT2D eigenvalue weighted by atomic mass is 35.5. The quantitative estimate of drug-likeness (QED) is 0.769. The van der Waals surface area contributed by atoms with Crippen LogP contribution in [0.25, 0.3) is 0 Å². The summed E-state index contributed by atoms with van der Waals surface area (Å²) in [7, 11) is 0. The van der Waals surface area contributed by atoms with Gasteiger partial charge in [0.15, 0.2) is 0 Å². The van der Waals surface area contributed by atoms with E-state index in [0.717, 1.165) is 17.7 Å². The average Bonchev–Trinajstić information content (AvgIpc) is 3.16. The number of carbonyl (C=O) groups excluding carboxylic acids is 2. The van der Waals surface area contributed by atoms with Crippen LogP contribution in [-0.2, 0) is 9.53 Å². The van der Waals surface area contributed by atoms with Gasteiger partial charge >= 0.3 is 0 Å². The van der Waals surface area contributed by atoms with Crippen LogP contribution >= 0.6 is 23.4 Å². The van der Waals surface area contributed by atoms with Gasteiger partial charge in [-0.3, -0.25) is 9.59 Å². The number of benzene rings is 1. The van der Waals surface area contributed by atoms with Crippen molar-refractivity contribution in [2.24, 2.45) is 0 Å². The van der Waals surface area contributed by atoms with E-state index in [2.05, 4.69) is 0 Å². The average molecular weight is 369 g/mol. The summed E-state index contributed by atoms with van der Waals surface area (Å²) in [6.45, 7) is 2.81. The maximum atomic E-state index is 12.7. The van der Waals surface area contributed by atoms with Gasteiger partial charge in [-0.05, 0) is 37.3 Å². The summed E-state index contributed by atoms with van der Waals surface area (Å²) in [5.74, 6) is -0.0119. The highest BCUT2D eigenvalue weighted by molar-refractivity contribution is 7.98. The summed E-state index contributed by atoms with van der Waals surface area (Å²) in [4.78, 5) is 29.7. The van der Waals surface area contributed by atoms with Gasteiger partial charge in [0.05, 0.1) is 10.6 Å². The van der Waals surface area contributed by atoms with Gasteiger partial charge in [-0.1, -0.05) is 11.6 Å². The number of amides is 2. The minimum absolute atomic E-state index is 0.0574. The highest BCUT2D eigenvalue weighted by Gasteiger charge is 2.31. The first-order chi connectivity index (χ1) is 11.6. The Hall–Kier alpha value is -1.24. The fourth-order valence-electron chi connectivity index (χ4n) is 3.07. The maximum absolute atomic E-state index is 12.7. The monoisotopic (exact) mass is 368 g/mol. The van der Waals surface area contributed by atoms with E-state index in [1.54, 1.807) is 27.6 Å². The number of halogens is 1. The van der Waals surface area contributed by atoms with Crippen molar-refractivity contribution >= 4 is 35.2 Å². The van der Waals surface area contributed by atoms with Crippen molar-refractivity contribution < 1.29 is 14.3 Å². The standard InChI is InChI=1S/C17H21ClN2O3S/c1-24-12-4-5-14(18)13(11-12)16(21)19-6-8-20(9-7-19)17(22)15-3-2-10-23-15/h4-5,11,15H,2-3,6-10H2,1H3. The third-order valence-corrected chi connectivity index (χ3v) is 5.54. The summed E-state index contributed by atoms with van der Waals surface area (Å²) in [6.07, 6.45) is 3.42. The molecule has 0 aromatic heterocycles. The van der Waals surface area contributed by atoms with Crippen LogP contribution in [0.2, 0.25) is 5.02 Å². The molecule has 0 radical (unpaired) electrons. The van der Waals surface area contributed by atoms with Gasteiger partial charge in [-0.25, -0.2) is 0 Å². The van der Waals surface area contributed by atoms with Crippen molar-refractivity contribution in [3.05, 3.63) is 28.8 Å². The van der Waals surface area contributed by atoms with Crippen LogP contribution in [0.1, 0.15) is 23.2 Å². The number of rotatable bonds is 3. The van der Waals surface area contributed by atoms with Crippen molar-refractivity contribution in [1.29, 1.82) is 0 Å². The first-order valence-electron chi connectivity index (χ1n) is 8.13. The zero-order valence-corrected chi connectivity index (χ0v) is 15.2. The number of nitrogens with zero attached hydrogens (tertiary/aromatic N) is 2. The van der Waals surface area contributed by atoms with Crippen molar-refractivity contribution in [3.63, 3.8) is 0 Å². The Balaban J connectivity index is 1.62. The fourth-order valence-corrected chi connectivity index (χ4v) is 3.71. The third-order valence-electron chi connectivity index (χ3n) is 4.49. The fraction of sp³-hybridized carbons (Fsp3) is 0.529. The lowest BCUT2D eigenvalue weighted by Gasteiger charge is -2.36. The first kappa shape index (κ1) is 17.6. The Labute approximate surface area is 151 Å². The minimum Gasteiger partial charge on any atom is -0.368 e. The Bertz CT molecular complexity index is 626. The molecule has 2 amide bonds. The van der Waals surface area contributed by atoms with Crippen LogP contribution in [0.4, 0.5) is 0 Å². The van der Waals surface area contributed by atoms with Gasteiger partial charge in [-0.2, -0.15) is 0 Å². The lowest BCUT2D eigenvalue weighted by atomic mass is 10.1. The third kappa shape index (κ3) is 3.71. The molecule has 5 nitrogen and oxygen atoms in total. The van der Waals surface area contributed by atoms with Gasteiger partial charge in [0.1, 0.15) is 6.10 Å². The molecule has 2 fully saturated rings. The summed E-state index contributed by atoms with van der Waals surface area (Å²) in [6, 6.07) is 5.50. The number of ether oxygens (including phenoxy) is 1. The molecule has 1 unspecified atom stereocenters. The van der Waals surface area contributed by atoms with E-state index >= 15 is 0 Å². The number of hydrogen-bond acceptors (Lipinski definition) is 4. The van der Waals surface area contributed by atoms with E-state index in [-0.39, 0.29) is 17.9 Å². The zero-order valence-electron chi connectivity index (χ0n) is 13.7. The molecule has 1 aromatic rings. The molecule has 3 rings (SSSR count). The highest BCUT2D eigenvalue weighted by Crippen LogP contribution is 2.25. The Morgan fingerprint density at radius 3 is 2.54 bits per heavy atom. The van der Waals surface area contributed by atoms with Crippen molar-refractivity contribution in [2.45, 2.75) is 23.8 Å². The molecule has 7 heteroatoms. The van der Waals surface area contributed by atoms with Gasteiger partial charge in [0.25, 0.3) is 11.8 Å². The number of thioether (sulfide) groups is 1. The zero-order chi connectivity index (χ0) is 17.1. The molecule has 2 aliphatic heterocycles. The maximum Gasteiger partial charge on any atom is 0.255 e. The van der Waals surface area contributed by atoms with Gasteiger partial charge in [0, 0.05) is 37.7 Å². The first-order valence-corrected chi connectivity index (χ1v) is 9.73. The second kappa shape index (κ2) is 7.76. The van der Waals surface area contributed by atoms with Crippen molar-refractivity contribution in [2.75, 3.05) is 39.0 Å². The summed E-state index contributed by atoms with van der Waals surface area (Å²) < 4.78 is 5.46. The molecular weight excluding hydrogens is 348 g/mol. The SMILES string of the molecule is CSc1ccc(Cl)c(C(=O)N2CCN(C(=O)C3CCCO3)CC2)c1. The Kier molecular flexibility index (Phi) is 5.69. The topological polar surface area (TPSA) is 49.9 Å². The largest absolute Gasteiger partial charge is 0.368 e. The molecule has 2 saturated heterocycles. The van der Waals surface area contributed by atoms with E-state index in [4.69, 9.17) is 16.3 Å². The normalized spacial score (nSPS) is 21.2. The van der Waals surface area contributed by atoms with E-state index in [1.165, 1.54) is 0 Å². The molecule has 1 atom stereocenters. The minimum atomic E-state index is -0.292.